The first-order valence-electron chi connectivity index (χ1n) is 6.77. The van der Waals surface area contributed by atoms with E-state index in [4.69, 9.17) is 10.5 Å². The van der Waals surface area contributed by atoms with Crippen LogP contribution >= 0.6 is 0 Å². The third-order valence-corrected chi connectivity index (χ3v) is 3.04. The topological polar surface area (TPSA) is 70.1 Å². The lowest BCUT2D eigenvalue weighted by atomic mass is 10.1. The summed E-state index contributed by atoms with van der Waals surface area (Å²) < 4.78 is 6.67. The van der Waals surface area contributed by atoms with E-state index in [1.165, 1.54) is 5.56 Å². The maximum Gasteiger partial charge on any atom is 0.360 e. The van der Waals surface area contributed by atoms with Crippen LogP contribution in [0.1, 0.15) is 36.3 Å². The lowest BCUT2D eigenvalue weighted by Gasteiger charge is -2.11. The van der Waals surface area contributed by atoms with Crippen LogP contribution in [0, 0.1) is 0 Å². The molecule has 0 radical (unpaired) electrons. The van der Waals surface area contributed by atoms with E-state index in [2.05, 4.69) is 18.0 Å². The van der Waals surface area contributed by atoms with Gasteiger partial charge in [-0.3, -0.25) is 4.57 Å². The molecule has 5 nitrogen and oxygen atoms in total. The van der Waals surface area contributed by atoms with Gasteiger partial charge in [0.2, 0.25) is 0 Å². The summed E-state index contributed by atoms with van der Waals surface area (Å²) >= 11 is 0. The van der Waals surface area contributed by atoms with Crippen LogP contribution in [0.15, 0.2) is 30.6 Å². The summed E-state index contributed by atoms with van der Waals surface area (Å²) in [5.74, 6) is -0.177. The molecular formula is C15H19N3O2. The van der Waals surface area contributed by atoms with Crippen LogP contribution in [0.25, 0.3) is 5.69 Å². The summed E-state index contributed by atoms with van der Waals surface area (Å²) in [7, 11) is 0. The number of carbonyl (C=O) groups excluding carboxylic acids is 1. The fourth-order valence-electron chi connectivity index (χ4n) is 2.13. The molecule has 1 heterocycles. The van der Waals surface area contributed by atoms with E-state index in [1.54, 1.807) is 17.8 Å². The van der Waals surface area contributed by atoms with Crippen LogP contribution < -0.4 is 5.73 Å². The van der Waals surface area contributed by atoms with Gasteiger partial charge in [0.25, 0.3) is 0 Å². The third kappa shape index (κ3) is 2.66. The van der Waals surface area contributed by atoms with Crippen molar-refractivity contribution in [2.24, 2.45) is 0 Å². The molecule has 0 saturated heterocycles. The van der Waals surface area contributed by atoms with E-state index in [0.29, 0.717) is 12.4 Å². The molecule has 1 aromatic heterocycles. The van der Waals surface area contributed by atoms with Crippen LogP contribution in [0.5, 0.6) is 0 Å². The van der Waals surface area contributed by atoms with Crippen molar-refractivity contribution in [1.82, 2.24) is 9.55 Å². The highest BCUT2D eigenvalue weighted by Crippen LogP contribution is 2.22. The fourth-order valence-corrected chi connectivity index (χ4v) is 2.13. The summed E-state index contributed by atoms with van der Waals surface area (Å²) in [6.07, 6.45) is 3.55. The average Bonchev–Trinajstić information content (AvgIpc) is 2.82. The third-order valence-electron chi connectivity index (χ3n) is 3.04. The van der Waals surface area contributed by atoms with Gasteiger partial charge in [0.15, 0.2) is 5.69 Å². The first-order chi connectivity index (χ1) is 9.69. The number of nitrogens with zero attached hydrogens (tertiary/aromatic N) is 2. The highest BCUT2D eigenvalue weighted by molar-refractivity contribution is 5.92. The Morgan fingerprint density at radius 1 is 1.35 bits per heavy atom. The zero-order valence-corrected chi connectivity index (χ0v) is 11.8. The highest BCUT2D eigenvalue weighted by atomic mass is 16.5. The number of rotatable bonds is 5. The highest BCUT2D eigenvalue weighted by Gasteiger charge is 2.18. The largest absolute Gasteiger partial charge is 0.461 e. The minimum atomic E-state index is -0.489. The molecule has 2 aromatic rings. The van der Waals surface area contributed by atoms with Gasteiger partial charge in [0, 0.05) is 0 Å². The molecule has 5 heteroatoms. The van der Waals surface area contributed by atoms with Crippen molar-refractivity contribution in [2.75, 3.05) is 12.3 Å². The number of carbonyl (C=O) groups is 1. The minimum absolute atomic E-state index is 0.165. The lowest BCUT2D eigenvalue weighted by molar-refractivity contribution is 0.0521. The van der Waals surface area contributed by atoms with E-state index >= 15 is 0 Å². The molecule has 0 bridgehead atoms. The molecule has 20 heavy (non-hydrogen) atoms. The molecule has 0 saturated carbocycles. The molecule has 0 amide bonds. The minimum Gasteiger partial charge on any atom is -0.461 e. The van der Waals surface area contributed by atoms with Crippen molar-refractivity contribution < 1.29 is 9.53 Å². The Morgan fingerprint density at radius 3 is 2.80 bits per heavy atom. The number of esters is 1. The van der Waals surface area contributed by atoms with Gasteiger partial charge in [0.05, 0.1) is 12.3 Å². The molecule has 0 aliphatic heterocycles. The maximum atomic E-state index is 11.7. The van der Waals surface area contributed by atoms with Crippen LogP contribution in [0.3, 0.4) is 0 Å². The number of aryl methyl sites for hydroxylation is 1. The fraction of sp³-hybridized carbons (Fsp3) is 0.333. The van der Waals surface area contributed by atoms with Gasteiger partial charge in [-0.25, -0.2) is 9.78 Å². The van der Waals surface area contributed by atoms with Gasteiger partial charge in [-0.2, -0.15) is 0 Å². The molecule has 0 fully saturated rings. The zero-order chi connectivity index (χ0) is 14.5. The summed E-state index contributed by atoms with van der Waals surface area (Å²) in [5, 5.41) is 0. The standard InChI is InChI=1S/C15H19N3O2/c1-3-7-11-8-5-6-9-12(11)18-10-17-13(14(18)16)15(19)20-4-2/h5-6,8-10H,3-4,7,16H2,1-2H3. The van der Waals surface area contributed by atoms with E-state index in [0.717, 1.165) is 18.5 Å². The van der Waals surface area contributed by atoms with Gasteiger partial charge in [0.1, 0.15) is 12.1 Å². The van der Waals surface area contributed by atoms with Crippen molar-refractivity contribution in [2.45, 2.75) is 26.7 Å². The second kappa shape index (κ2) is 6.23. The van der Waals surface area contributed by atoms with Crippen molar-refractivity contribution in [1.29, 1.82) is 0 Å². The maximum absolute atomic E-state index is 11.7. The number of nitrogen functional groups attached to an aromatic ring is 1. The number of nitrogens with two attached hydrogens (primary N) is 1. The number of benzene rings is 1. The van der Waals surface area contributed by atoms with Crippen molar-refractivity contribution >= 4 is 11.8 Å². The molecule has 0 spiro atoms. The second-order valence-electron chi connectivity index (χ2n) is 4.45. The Kier molecular flexibility index (Phi) is 4.40. The van der Waals surface area contributed by atoms with E-state index in [9.17, 15) is 4.79 Å². The monoisotopic (exact) mass is 273 g/mol. The summed E-state index contributed by atoms with van der Waals surface area (Å²) in [4.78, 5) is 15.8. The molecule has 0 atom stereocenters. The number of aromatic nitrogens is 2. The second-order valence-corrected chi connectivity index (χ2v) is 4.45. The Labute approximate surface area is 118 Å². The molecule has 2 N–H and O–H groups in total. The first-order valence-corrected chi connectivity index (χ1v) is 6.77. The van der Waals surface area contributed by atoms with Crippen LogP contribution in [0.2, 0.25) is 0 Å². The Morgan fingerprint density at radius 2 is 2.10 bits per heavy atom. The molecule has 0 unspecified atom stereocenters. The van der Waals surface area contributed by atoms with Crippen molar-refractivity contribution in [3.05, 3.63) is 41.9 Å². The Bertz CT molecular complexity index is 605. The molecule has 106 valence electrons. The number of para-hydroxylation sites is 1. The number of anilines is 1. The van der Waals surface area contributed by atoms with E-state index in [-0.39, 0.29) is 5.69 Å². The Balaban J connectivity index is 2.42. The van der Waals surface area contributed by atoms with Gasteiger partial charge >= 0.3 is 5.97 Å². The van der Waals surface area contributed by atoms with Gasteiger partial charge in [-0.1, -0.05) is 31.5 Å². The number of ether oxygens (including phenoxy) is 1. The molecular weight excluding hydrogens is 254 g/mol. The van der Waals surface area contributed by atoms with Gasteiger partial charge in [-0.15, -0.1) is 0 Å². The SMILES string of the molecule is CCCc1ccccc1-n1cnc(C(=O)OCC)c1N. The molecule has 0 aliphatic rings. The zero-order valence-electron chi connectivity index (χ0n) is 11.8. The average molecular weight is 273 g/mol. The van der Waals surface area contributed by atoms with Crippen molar-refractivity contribution in [3.63, 3.8) is 0 Å². The number of hydrogen-bond acceptors (Lipinski definition) is 4. The molecule has 1 aromatic carbocycles. The summed E-state index contributed by atoms with van der Waals surface area (Å²) in [5.41, 5.74) is 8.33. The van der Waals surface area contributed by atoms with Gasteiger partial charge < -0.3 is 10.5 Å². The lowest BCUT2D eigenvalue weighted by Crippen LogP contribution is -2.10. The first kappa shape index (κ1) is 14.1. The van der Waals surface area contributed by atoms with Crippen LogP contribution in [0.4, 0.5) is 5.82 Å². The van der Waals surface area contributed by atoms with E-state index in [1.807, 2.05) is 18.2 Å². The summed E-state index contributed by atoms with van der Waals surface area (Å²) in [6.45, 7) is 4.18. The molecule has 0 aliphatic carbocycles. The van der Waals surface area contributed by atoms with Crippen LogP contribution in [-0.4, -0.2) is 22.1 Å². The number of hydrogen-bond donors (Lipinski definition) is 1. The predicted molar refractivity (Wildman–Crippen MR) is 77.9 cm³/mol. The predicted octanol–water partition coefficient (Wildman–Crippen LogP) is 2.58. The quantitative estimate of drug-likeness (QED) is 0.850. The normalized spacial score (nSPS) is 10.5. The number of imidazole rings is 1. The van der Waals surface area contributed by atoms with Crippen molar-refractivity contribution in [3.8, 4) is 5.69 Å². The smallest absolute Gasteiger partial charge is 0.360 e. The Hall–Kier alpha value is -2.30. The van der Waals surface area contributed by atoms with Gasteiger partial charge in [-0.05, 0) is 25.0 Å². The summed E-state index contributed by atoms with van der Waals surface area (Å²) in [6, 6.07) is 7.96. The molecule has 2 rings (SSSR count). The van der Waals surface area contributed by atoms with E-state index < -0.39 is 5.97 Å². The van der Waals surface area contributed by atoms with Crippen LogP contribution in [-0.2, 0) is 11.2 Å².